The van der Waals surface area contributed by atoms with Crippen molar-refractivity contribution in [3.8, 4) is 5.75 Å². The number of carbonyl (C=O) groups excluding carboxylic acids is 1. The fraction of sp³-hybridized carbons (Fsp3) is 0.150. The maximum Gasteiger partial charge on any atom is 0.276 e. The Hall–Kier alpha value is -1.59. The zero-order valence-corrected chi connectivity index (χ0v) is 17.6. The van der Waals surface area contributed by atoms with Gasteiger partial charge in [-0.1, -0.05) is 71.7 Å². The van der Waals surface area contributed by atoms with Crippen molar-refractivity contribution >= 4 is 58.0 Å². The highest BCUT2D eigenvalue weighted by Gasteiger charge is 2.31. The van der Waals surface area contributed by atoms with Gasteiger partial charge in [0.25, 0.3) is 9.70 Å². The third-order valence-electron chi connectivity index (χ3n) is 3.48. The number of benzene rings is 2. The number of nitrogens with one attached hydrogen (secondary N) is 1. The van der Waals surface area contributed by atoms with Crippen molar-refractivity contribution in [3.05, 3.63) is 78.5 Å². The molecule has 0 fully saturated rings. The number of alkyl halides is 3. The fourth-order valence-electron chi connectivity index (χ4n) is 2.11. The van der Waals surface area contributed by atoms with E-state index in [9.17, 15) is 4.79 Å². The molecule has 1 amide bonds. The molecule has 0 aliphatic carbocycles. The van der Waals surface area contributed by atoms with Crippen molar-refractivity contribution in [1.29, 1.82) is 0 Å². The van der Waals surface area contributed by atoms with E-state index < -0.39 is 9.70 Å². The molecule has 0 saturated heterocycles. The minimum Gasteiger partial charge on any atom is -0.497 e. The summed E-state index contributed by atoms with van der Waals surface area (Å²) in [5.41, 5.74) is 2.19. The third-order valence-corrected chi connectivity index (χ3v) is 5.05. The van der Waals surface area contributed by atoms with Crippen molar-refractivity contribution in [3.63, 3.8) is 0 Å². The maximum atomic E-state index is 12.1. The topological polar surface area (TPSA) is 38.3 Å². The number of amides is 1. The summed E-state index contributed by atoms with van der Waals surface area (Å²) >= 11 is 18.6. The molecule has 0 aliphatic rings. The average molecular weight is 443 g/mol. The molecule has 0 unspecified atom stereocenters. The molecule has 0 saturated carbocycles. The first-order chi connectivity index (χ1) is 12.8. The Morgan fingerprint density at radius 2 is 1.78 bits per heavy atom. The Morgan fingerprint density at radius 1 is 1.15 bits per heavy atom. The van der Waals surface area contributed by atoms with Crippen molar-refractivity contribution in [2.24, 2.45) is 0 Å². The fourth-order valence-corrected chi connectivity index (χ4v) is 3.08. The van der Waals surface area contributed by atoms with Crippen LogP contribution in [0.1, 0.15) is 5.56 Å². The Kier molecular flexibility index (Phi) is 8.11. The van der Waals surface area contributed by atoms with Gasteiger partial charge in [0.15, 0.2) is 0 Å². The molecular formula is C20H18Cl3NO2S. The van der Waals surface area contributed by atoms with E-state index in [0.717, 1.165) is 16.2 Å². The van der Waals surface area contributed by atoms with E-state index in [0.29, 0.717) is 17.0 Å². The number of hydrogen-bond donors (Lipinski definition) is 1. The Bertz CT molecular complexity index is 815. The molecule has 2 aromatic carbocycles. The van der Waals surface area contributed by atoms with Crippen LogP contribution in [0.4, 0.5) is 0 Å². The molecule has 3 nitrogen and oxygen atoms in total. The molecule has 0 heterocycles. The molecule has 27 heavy (non-hydrogen) atoms. The Labute approximate surface area is 178 Å². The molecule has 7 heteroatoms. The SMILES string of the molecule is C=C(/C=C(/CSc1ccccc1)NC(=O)C(Cl)(Cl)Cl)c1ccc(OC)cc1. The molecule has 2 rings (SSSR count). The summed E-state index contributed by atoms with van der Waals surface area (Å²) in [5, 5.41) is 2.67. The van der Waals surface area contributed by atoms with Crippen LogP contribution in [-0.4, -0.2) is 22.6 Å². The first kappa shape index (κ1) is 21.7. The number of methoxy groups -OCH3 is 1. The van der Waals surface area contributed by atoms with E-state index >= 15 is 0 Å². The second kappa shape index (κ2) is 10.1. The van der Waals surface area contributed by atoms with Gasteiger partial charge in [0.05, 0.1) is 7.11 Å². The van der Waals surface area contributed by atoms with Crippen LogP contribution >= 0.6 is 46.6 Å². The van der Waals surface area contributed by atoms with Crippen molar-refractivity contribution in [2.45, 2.75) is 8.69 Å². The van der Waals surface area contributed by atoms with Gasteiger partial charge < -0.3 is 10.1 Å². The lowest BCUT2D eigenvalue weighted by Crippen LogP contribution is -2.34. The second-order valence-corrected chi connectivity index (χ2v) is 8.81. The predicted molar refractivity (Wildman–Crippen MR) is 116 cm³/mol. The van der Waals surface area contributed by atoms with Gasteiger partial charge in [-0.2, -0.15) is 0 Å². The van der Waals surface area contributed by atoms with Crippen molar-refractivity contribution in [1.82, 2.24) is 5.32 Å². The summed E-state index contributed by atoms with van der Waals surface area (Å²) in [6.45, 7) is 4.07. The monoisotopic (exact) mass is 441 g/mol. The lowest BCUT2D eigenvalue weighted by Gasteiger charge is -2.15. The minimum absolute atomic E-state index is 0.478. The van der Waals surface area contributed by atoms with Gasteiger partial charge in [-0.05, 0) is 41.5 Å². The van der Waals surface area contributed by atoms with Gasteiger partial charge in [0.2, 0.25) is 0 Å². The lowest BCUT2D eigenvalue weighted by atomic mass is 10.1. The number of rotatable bonds is 7. The van der Waals surface area contributed by atoms with Crippen LogP contribution < -0.4 is 10.1 Å². The number of allylic oxidation sites excluding steroid dienone is 2. The van der Waals surface area contributed by atoms with E-state index in [2.05, 4.69) is 11.9 Å². The summed E-state index contributed by atoms with van der Waals surface area (Å²) in [6, 6.07) is 17.3. The van der Waals surface area contributed by atoms with Gasteiger partial charge >= 0.3 is 0 Å². The van der Waals surface area contributed by atoms with Gasteiger partial charge in [-0.25, -0.2) is 0 Å². The average Bonchev–Trinajstić information content (AvgIpc) is 2.66. The molecule has 0 radical (unpaired) electrons. The first-order valence-corrected chi connectivity index (χ1v) is 10.0. The summed E-state index contributed by atoms with van der Waals surface area (Å²) in [7, 11) is 1.61. The quantitative estimate of drug-likeness (QED) is 0.331. The number of halogens is 3. The number of hydrogen-bond acceptors (Lipinski definition) is 3. The highest BCUT2D eigenvalue weighted by Crippen LogP contribution is 2.28. The molecule has 1 N–H and O–H groups in total. The summed E-state index contributed by atoms with van der Waals surface area (Å²) in [4.78, 5) is 13.1. The maximum absolute atomic E-state index is 12.1. The van der Waals surface area contributed by atoms with E-state index in [4.69, 9.17) is 39.5 Å². The molecule has 142 valence electrons. The van der Waals surface area contributed by atoms with Crippen LogP contribution in [-0.2, 0) is 4.79 Å². The van der Waals surface area contributed by atoms with Crippen LogP contribution in [0.3, 0.4) is 0 Å². The zero-order chi connectivity index (χ0) is 19.9. The summed E-state index contributed by atoms with van der Waals surface area (Å²) in [5.74, 6) is 0.515. The standard InChI is InChI=1S/C20H18Cl3NO2S/c1-14(15-8-10-17(26-2)11-9-15)12-16(24-19(25)20(21,22)23)13-27-18-6-4-3-5-7-18/h3-12H,1,13H2,2H3,(H,24,25)/b16-12-. The van der Waals surface area contributed by atoms with Crippen molar-refractivity contribution in [2.75, 3.05) is 12.9 Å². The van der Waals surface area contributed by atoms with Gasteiger partial charge in [0, 0.05) is 16.3 Å². The summed E-state index contributed by atoms with van der Waals surface area (Å²) in [6.07, 6.45) is 1.77. The minimum atomic E-state index is -2.04. The van der Waals surface area contributed by atoms with E-state index in [-0.39, 0.29) is 0 Å². The normalized spacial score (nSPS) is 11.8. The predicted octanol–water partition coefficient (Wildman–Crippen LogP) is 5.87. The van der Waals surface area contributed by atoms with Crippen LogP contribution in [0.5, 0.6) is 5.75 Å². The van der Waals surface area contributed by atoms with Crippen LogP contribution in [0.2, 0.25) is 0 Å². The van der Waals surface area contributed by atoms with E-state index in [1.54, 1.807) is 24.9 Å². The van der Waals surface area contributed by atoms with Crippen LogP contribution in [0.25, 0.3) is 5.57 Å². The molecule has 0 atom stereocenters. The Balaban J connectivity index is 2.19. The highest BCUT2D eigenvalue weighted by molar-refractivity contribution is 7.99. The van der Waals surface area contributed by atoms with Crippen LogP contribution in [0, 0.1) is 0 Å². The van der Waals surface area contributed by atoms with Gasteiger partial charge in [-0.3, -0.25) is 4.79 Å². The largest absolute Gasteiger partial charge is 0.497 e. The van der Waals surface area contributed by atoms with E-state index in [1.165, 1.54) is 0 Å². The zero-order valence-electron chi connectivity index (χ0n) is 14.5. The molecular weight excluding hydrogens is 425 g/mol. The van der Waals surface area contributed by atoms with Crippen molar-refractivity contribution < 1.29 is 9.53 Å². The Morgan fingerprint density at radius 3 is 2.33 bits per heavy atom. The molecule has 0 aliphatic heterocycles. The molecule has 0 spiro atoms. The lowest BCUT2D eigenvalue weighted by molar-refractivity contribution is -0.119. The number of ether oxygens (including phenoxy) is 1. The third kappa shape index (κ3) is 7.15. The second-order valence-electron chi connectivity index (χ2n) is 5.48. The number of carbonyl (C=O) groups is 1. The van der Waals surface area contributed by atoms with Gasteiger partial charge in [0.1, 0.15) is 5.75 Å². The number of thioether (sulfide) groups is 1. The molecule has 2 aromatic rings. The highest BCUT2D eigenvalue weighted by atomic mass is 35.6. The molecule has 0 bridgehead atoms. The van der Waals surface area contributed by atoms with Crippen LogP contribution in [0.15, 0.2) is 77.8 Å². The first-order valence-electron chi connectivity index (χ1n) is 7.89. The smallest absolute Gasteiger partial charge is 0.276 e. The molecule has 0 aromatic heterocycles. The van der Waals surface area contributed by atoms with Gasteiger partial charge in [-0.15, -0.1) is 11.8 Å². The van der Waals surface area contributed by atoms with E-state index in [1.807, 2.05) is 54.6 Å². The summed E-state index contributed by atoms with van der Waals surface area (Å²) < 4.78 is 3.11.